The van der Waals surface area contributed by atoms with Gasteiger partial charge in [0.25, 0.3) is 6.02 Å². The van der Waals surface area contributed by atoms with Crippen LogP contribution in [0, 0.1) is 46.3 Å². The van der Waals surface area contributed by atoms with Gasteiger partial charge >= 0.3 is 0 Å². The van der Waals surface area contributed by atoms with Gasteiger partial charge in [-0.2, -0.15) is 0 Å². The van der Waals surface area contributed by atoms with Crippen molar-refractivity contribution in [2.45, 2.75) is 156 Å². The molecule has 3 N–H and O–H groups in total. The summed E-state index contributed by atoms with van der Waals surface area (Å²) in [5, 5.41) is 9.63. The second-order valence-electron chi connectivity index (χ2n) is 17.3. The number of hydrogen-bond donors (Lipinski definition) is 2. The maximum Gasteiger partial charge on any atom is 0.282 e. The van der Waals surface area contributed by atoms with E-state index >= 15 is 0 Å². The Kier molecular flexibility index (Phi) is 12.4. The Morgan fingerprint density at radius 3 is 2.60 bits per heavy atom. The minimum atomic E-state index is -0.117. The van der Waals surface area contributed by atoms with Gasteiger partial charge in [-0.3, -0.25) is 4.79 Å². The molecular weight excluding hydrogens is 586 g/mol. The van der Waals surface area contributed by atoms with E-state index in [1.165, 1.54) is 57.8 Å². The van der Waals surface area contributed by atoms with Crippen molar-refractivity contribution >= 4 is 11.9 Å². The third kappa shape index (κ3) is 8.08. The summed E-state index contributed by atoms with van der Waals surface area (Å²) in [5.41, 5.74) is 8.76. The number of allylic oxidation sites excluding steroid dienone is 1. The van der Waals surface area contributed by atoms with Gasteiger partial charge in [-0.1, -0.05) is 72.0 Å². The van der Waals surface area contributed by atoms with Gasteiger partial charge in [0.15, 0.2) is 0 Å². The lowest BCUT2D eigenvalue weighted by Gasteiger charge is -2.58. The van der Waals surface area contributed by atoms with Crippen molar-refractivity contribution in [2.75, 3.05) is 26.8 Å². The summed E-state index contributed by atoms with van der Waals surface area (Å²) in [6.45, 7) is 13.8. The molecule has 7 heteroatoms. The van der Waals surface area contributed by atoms with Crippen LogP contribution in [0.15, 0.2) is 16.6 Å². The van der Waals surface area contributed by atoms with Crippen LogP contribution in [-0.4, -0.2) is 67.0 Å². The number of hydrogen-bond acceptors (Lipinski definition) is 5. The number of carbonyl (C=O) groups is 1. The van der Waals surface area contributed by atoms with Gasteiger partial charge in [-0.25, -0.2) is 4.99 Å². The van der Waals surface area contributed by atoms with Crippen molar-refractivity contribution in [3.63, 3.8) is 0 Å². The van der Waals surface area contributed by atoms with Crippen molar-refractivity contribution in [2.24, 2.45) is 57.1 Å². The number of aliphatic imine (C=N–C) groups is 1. The largest absolute Gasteiger partial charge is 0.462 e. The summed E-state index contributed by atoms with van der Waals surface area (Å²) in [7, 11) is 1.67. The first-order valence-corrected chi connectivity index (χ1v) is 19.6. The average molecular weight is 656 g/mol. The van der Waals surface area contributed by atoms with E-state index in [1.807, 2.05) is 0 Å². The molecule has 1 aliphatic heterocycles. The highest BCUT2D eigenvalue weighted by Gasteiger charge is 2.59. The van der Waals surface area contributed by atoms with Crippen LogP contribution in [0.2, 0.25) is 0 Å². The van der Waals surface area contributed by atoms with Crippen LogP contribution in [-0.2, 0) is 14.3 Å². The van der Waals surface area contributed by atoms with Crippen molar-refractivity contribution in [1.82, 2.24) is 4.90 Å². The number of fused-ring (bicyclic) bond motifs is 5. The summed E-state index contributed by atoms with van der Waals surface area (Å²) in [6, 6.07) is 0.208. The first kappa shape index (κ1) is 36.7. The number of nitrogens with two attached hydrogens (primary N) is 1. The number of carbonyl (C=O) groups excluding carboxylic acids is 1. The van der Waals surface area contributed by atoms with Crippen LogP contribution in [0.5, 0.6) is 0 Å². The number of amides is 1. The molecule has 3 unspecified atom stereocenters. The second kappa shape index (κ2) is 16.0. The van der Waals surface area contributed by atoms with Crippen LogP contribution in [0.25, 0.3) is 0 Å². The number of unbranched alkanes of at least 4 members (excludes halogenated alkanes) is 2. The third-order valence-electron chi connectivity index (χ3n) is 14.1. The highest BCUT2D eigenvalue weighted by Crippen LogP contribution is 2.67. The monoisotopic (exact) mass is 656 g/mol. The Hall–Kier alpha value is -1.60. The van der Waals surface area contributed by atoms with Crippen molar-refractivity contribution in [3.8, 4) is 0 Å². The quantitative estimate of drug-likeness (QED) is 0.0859. The molecule has 0 aromatic rings. The zero-order chi connectivity index (χ0) is 33.8. The predicted molar refractivity (Wildman–Crippen MR) is 191 cm³/mol. The summed E-state index contributed by atoms with van der Waals surface area (Å²) in [5.74, 6) is 5.26. The zero-order valence-corrected chi connectivity index (χ0v) is 30.9. The number of nitrogens with zero attached hydrogens (tertiary/aromatic N) is 2. The molecule has 5 rings (SSSR count). The van der Waals surface area contributed by atoms with E-state index in [9.17, 15) is 9.90 Å². The minimum Gasteiger partial charge on any atom is -0.462 e. The lowest BCUT2D eigenvalue weighted by Crippen LogP contribution is -2.51. The lowest BCUT2D eigenvalue weighted by molar-refractivity contribution is -0.133. The van der Waals surface area contributed by atoms with Crippen molar-refractivity contribution < 1.29 is 19.4 Å². The molecule has 0 bridgehead atoms. The lowest BCUT2D eigenvalue weighted by atomic mass is 9.47. The van der Waals surface area contributed by atoms with Gasteiger partial charge in [-0.05, 0) is 111 Å². The molecule has 10 atom stereocenters. The van der Waals surface area contributed by atoms with E-state index in [-0.39, 0.29) is 30.8 Å². The Labute approximate surface area is 286 Å². The number of methoxy groups -OCH3 is 1. The van der Waals surface area contributed by atoms with Gasteiger partial charge in [-0.15, -0.1) is 0 Å². The first-order chi connectivity index (χ1) is 22.5. The second-order valence-corrected chi connectivity index (χ2v) is 17.3. The normalized spacial score (nSPS) is 37.7. The van der Waals surface area contributed by atoms with E-state index in [0.717, 1.165) is 67.6 Å². The fraction of sp³-hybridized carbons (Fsp3) is 0.900. The highest BCUT2D eigenvalue weighted by molar-refractivity contribution is 5.77. The number of aliphatic hydroxyl groups excluding tert-OH is 1. The molecule has 0 aromatic heterocycles. The maximum absolute atomic E-state index is 12.7. The van der Waals surface area contributed by atoms with Gasteiger partial charge in [0.1, 0.15) is 6.10 Å². The van der Waals surface area contributed by atoms with Gasteiger partial charge < -0.3 is 25.2 Å². The Bertz CT molecular complexity index is 1110. The van der Waals surface area contributed by atoms with E-state index in [0.29, 0.717) is 42.8 Å². The molecule has 0 spiro atoms. The fourth-order valence-electron chi connectivity index (χ4n) is 11.4. The molecule has 268 valence electrons. The van der Waals surface area contributed by atoms with Crippen LogP contribution in [0.3, 0.4) is 0 Å². The molecule has 1 saturated heterocycles. The van der Waals surface area contributed by atoms with Gasteiger partial charge in [0.2, 0.25) is 5.91 Å². The molecule has 0 aromatic carbocycles. The number of aliphatic hydroxyl groups is 1. The van der Waals surface area contributed by atoms with Crippen LogP contribution in [0.1, 0.15) is 137 Å². The van der Waals surface area contributed by atoms with Crippen molar-refractivity contribution in [1.29, 1.82) is 0 Å². The first-order valence-electron chi connectivity index (χ1n) is 19.6. The topological polar surface area (TPSA) is 97.4 Å². The molecule has 3 saturated carbocycles. The molecule has 4 fully saturated rings. The number of ether oxygens (including phenoxy) is 2. The molecule has 0 radical (unpaired) electrons. The SMILES string of the molecule is CO[C@@H]1C[C@@H](CO)N(C(=O)CCCCCN=C(N)O[C@H]2CC[C@@]3(C)C(=CCC4C3CC[C@@]3(C)C4CC[C@@H]3[C@H](C)CCCC(C)C)C2)C1. The molecule has 1 amide bonds. The van der Waals surface area contributed by atoms with E-state index in [1.54, 1.807) is 17.6 Å². The molecule has 47 heavy (non-hydrogen) atoms. The predicted octanol–water partition coefficient (Wildman–Crippen LogP) is 7.90. The standard InChI is InChI=1S/C40H69N3O4/c1-27(2)11-10-12-28(3)34-16-17-35-33-15-14-29-23-31(18-20-39(29,4)36(33)19-21-40(34,35)5)47-38(41)42-22-9-7-8-13-37(45)43-25-32(46-6)24-30(43)26-44/h14,27-28,30-36,44H,7-13,15-26H2,1-6H3,(H2,41,42)/t28-,30+,31+,32-,33?,34-,35?,36?,39+,40-/m1/s1. The Balaban J connectivity index is 1.06. The van der Waals surface area contributed by atoms with Crippen LogP contribution >= 0.6 is 0 Å². The average Bonchev–Trinajstić information content (AvgIpc) is 3.63. The summed E-state index contributed by atoms with van der Waals surface area (Å²) >= 11 is 0. The number of amidine groups is 1. The zero-order valence-electron chi connectivity index (χ0n) is 30.9. The summed E-state index contributed by atoms with van der Waals surface area (Å²) < 4.78 is 11.6. The highest BCUT2D eigenvalue weighted by atomic mass is 16.5. The summed E-state index contributed by atoms with van der Waals surface area (Å²) in [6.07, 6.45) is 21.0. The van der Waals surface area contributed by atoms with Crippen LogP contribution in [0.4, 0.5) is 0 Å². The fourth-order valence-corrected chi connectivity index (χ4v) is 11.4. The molecule has 7 nitrogen and oxygen atoms in total. The number of likely N-dealkylation sites (tertiary alicyclic amines) is 1. The molecule has 4 aliphatic carbocycles. The summed E-state index contributed by atoms with van der Waals surface area (Å²) in [4.78, 5) is 19.0. The van der Waals surface area contributed by atoms with Crippen molar-refractivity contribution in [3.05, 3.63) is 11.6 Å². The van der Waals surface area contributed by atoms with E-state index in [4.69, 9.17) is 15.2 Å². The van der Waals surface area contributed by atoms with Gasteiger partial charge in [0.05, 0.1) is 18.8 Å². The smallest absolute Gasteiger partial charge is 0.282 e. The molecule has 1 heterocycles. The Morgan fingerprint density at radius 1 is 1.04 bits per heavy atom. The van der Waals surface area contributed by atoms with Crippen LogP contribution < -0.4 is 5.73 Å². The molecular formula is C40H69N3O4. The molecule has 5 aliphatic rings. The maximum atomic E-state index is 12.7. The van der Waals surface area contributed by atoms with Gasteiger partial charge in [0, 0.05) is 33.0 Å². The minimum absolute atomic E-state index is 0.00317. The third-order valence-corrected chi connectivity index (χ3v) is 14.1. The van der Waals surface area contributed by atoms with E-state index < -0.39 is 0 Å². The Morgan fingerprint density at radius 2 is 1.85 bits per heavy atom. The van der Waals surface area contributed by atoms with E-state index in [2.05, 4.69) is 45.7 Å². The number of rotatable bonds is 14.